The summed E-state index contributed by atoms with van der Waals surface area (Å²) in [6.07, 6.45) is 6.61. The molecule has 0 aromatic heterocycles. The molecule has 158 valence electrons. The summed E-state index contributed by atoms with van der Waals surface area (Å²) in [5.74, 6) is -0.982. The first-order valence-electron chi connectivity index (χ1n) is 10.4. The van der Waals surface area contributed by atoms with Crippen molar-refractivity contribution in [2.75, 3.05) is 18.6 Å². The minimum atomic E-state index is -0.484. The Hall–Kier alpha value is -3.15. The van der Waals surface area contributed by atoms with Crippen molar-refractivity contribution >= 4 is 23.5 Å². The van der Waals surface area contributed by atoms with Gasteiger partial charge in [0, 0.05) is 0 Å². The number of carbonyl (C=O) groups excluding carboxylic acids is 3. The lowest BCUT2D eigenvalue weighted by molar-refractivity contribution is 0.0497. The molecule has 1 heterocycles. The van der Waals surface area contributed by atoms with Crippen LogP contribution in [0.2, 0.25) is 0 Å². The molecule has 0 unspecified atom stereocenters. The number of amides is 2. The van der Waals surface area contributed by atoms with Gasteiger partial charge in [0.2, 0.25) is 0 Å². The van der Waals surface area contributed by atoms with E-state index in [1.54, 1.807) is 24.3 Å². The second kappa shape index (κ2) is 10.1. The van der Waals surface area contributed by atoms with Gasteiger partial charge in [0.1, 0.15) is 5.75 Å². The fourth-order valence-corrected chi connectivity index (χ4v) is 3.53. The summed E-state index contributed by atoms with van der Waals surface area (Å²) in [4.78, 5) is 39.2. The molecule has 2 aromatic rings. The summed E-state index contributed by atoms with van der Waals surface area (Å²) >= 11 is 0. The van der Waals surface area contributed by atoms with E-state index in [1.807, 2.05) is 0 Å². The van der Waals surface area contributed by atoms with Gasteiger partial charge in [-0.05, 0) is 36.8 Å². The Morgan fingerprint density at radius 2 is 1.60 bits per heavy atom. The standard InChI is InChI=1S/C24H27NO5/c1-3-4-5-6-7-10-15-30-24(28)17-13-14-18-19(16-17)23(27)25(22(18)26)20-11-8-9-12-21(20)29-2/h8-9,11-14,16H,3-7,10,15H2,1-2H3. The van der Waals surface area contributed by atoms with Crippen molar-refractivity contribution in [3.05, 3.63) is 59.2 Å². The van der Waals surface area contributed by atoms with E-state index in [0.29, 0.717) is 18.0 Å². The highest BCUT2D eigenvalue weighted by atomic mass is 16.5. The van der Waals surface area contributed by atoms with Gasteiger partial charge in [0.15, 0.2) is 0 Å². The third-order valence-electron chi connectivity index (χ3n) is 5.18. The molecule has 0 atom stereocenters. The number of methoxy groups -OCH3 is 1. The summed E-state index contributed by atoms with van der Waals surface area (Å²) < 4.78 is 10.6. The second-order valence-corrected chi connectivity index (χ2v) is 7.28. The molecule has 0 saturated heterocycles. The maximum absolute atomic E-state index is 12.9. The van der Waals surface area contributed by atoms with E-state index in [4.69, 9.17) is 9.47 Å². The first-order valence-corrected chi connectivity index (χ1v) is 10.4. The average molecular weight is 409 g/mol. The van der Waals surface area contributed by atoms with Crippen LogP contribution >= 0.6 is 0 Å². The normalized spacial score (nSPS) is 12.8. The van der Waals surface area contributed by atoms with Gasteiger partial charge in [-0.25, -0.2) is 9.69 Å². The second-order valence-electron chi connectivity index (χ2n) is 7.28. The Labute approximate surface area is 176 Å². The van der Waals surface area contributed by atoms with Crippen LogP contribution in [0.5, 0.6) is 5.75 Å². The molecule has 2 amide bonds. The van der Waals surface area contributed by atoms with Gasteiger partial charge < -0.3 is 9.47 Å². The first-order chi connectivity index (χ1) is 14.6. The minimum absolute atomic E-state index is 0.194. The van der Waals surface area contributed by atoms with E-state index < -0.39 is 17.8 Å². The highest BCUT2D eigenvalue weighted by Gasteiger charge is 2.38. The van der Waals surface area contributed by atoms with E-state index in [-0.39, 0.29) is 16.7 Å². The number of esters is 1. The average Bonchev–Trinajstić information content (AvgIpc) is 3.02. The number of imide groups is 1. The number of para-hydroxylation sites is 2. The summed E-state index contributed by atoms with van der Waals surface area (Å²) in [6, 6.07) is 11.3. The fourth-order valence-electron chi connectivity index (χ4n) is 3.53. The van der Waals surface area contributed by atoms with Crippen LogP contribution in [0.4, 0.5) is 5.69 Å². The molecular weight excluding hydrogens is 382 g/mol. The van der Waals surface area contributed by atoms with Crippen LogP contribution in [0.15, 0.2) is 42.5 Å². The summed E-state index contributed by atoms with van der Waals surface area (Å²) in [5.41, 5.74) is 1.10. The van der Waals surface area contributed by atoms with Crippen molar-refractivity contribution in [2.24, 2.45) is 0 Å². The molecule has 0 bridgehead atoms. The number of carbonyl (C=O) groups is 3. The van der Waals surface area contributed by atoms with E-state index in [9.17, 15) is 14.4 Å². The lowest BCUT2D eigenvalue weighted by Gasteiger charge is -2.16. The van der Waals surface area contributed by atoms with Gasteiger partial charge >= 0.3 is 5.97 Å². The number of hydrogen-bond acceptors (Lipinski definition) is 5. The molecular formula is C24H27NO5. The molecule has 6 nitrogen and oxygen atoms in total. The van der Waals surface area contributed by atoms with Crippen LogP contribution in [-0.4, -0.2) is 31.5 Å². The number of anilines is 1. The number of nitrogens with zero attached hydrogens (tertiary/aromatic N) is 1. The molecule has 0 fully saturated rings. The zero-order chi connectivity index (χ0) is 21.5. The van der Waals surface area contributed by atoms with E-state index in [1.165, 1.54) is 44.6 Å². The van der Waals surface area contributed by atoms with Crippen LogP contribution < -0.4 is 9.64 Å². The van der Waals surface area contributed by atoms with Crippen LogP contribution in [0.1, 0.15) is 76.5 Å². The Morgan fingerprint density at radius 3 is 2.37 bits per heavy atom. The number of ether oxygens (including phenoxy) is 2. The number of rotatable bonds is 10. The Balaban J connectivity index is 1.67. The number of benzene rings is 2. The van der Waals surface area contributed by atoms with Crippen molar-refractivity contribution in [3.8, 4) is 5.75 Å². The Bertz CT molecular complexity index is 937. The molecule has 0 saturated carbocycles. The zero-order valence-corrected chi connectivity index (χ0v) is 17.5. The number of hydrogen-bond donors (Lipinski definition) is 0. The van der Waals surface area contributed by atoms with Crippen molar-refractivity contribution in [1.82, 2.24) is 0 Å². The van der Waals surface area contributed by atoms with E-state index in [0.717, 1.165) is 24.2 Å². The van der Waals surface area contributed by atoms with Crippen molar-refractivity contribution in [1.29, 1.82) is 0 Å². The molecule has 6 heteroatoms. The molecule has 0 spiro atoms. The van der Waals surface area contributed by atoms with Crippen molar-refractivity contribution in [2.45, 2.75) is 45.4 Å². The van der Waals surface area contributed by atoms with Crippen molar-refractivity contribution in [3.63, 3.8) is 0 Å². The first kappa shape index (κ1) is 21.6. The SMILES string of the molecule is CCCCCCCCOC(=O)c1ccc2c(c1)C(=O)N(c1ccccc1OC)C2=O. The number of unbranched alkanes of at least 4 members (excludes halogenated alkanes) is 5. The molecule has 0 aliphatic carbocycles. The zero-order valence-electron chi connectivity index (χ0n) is 17.5. The summed E-state index contributed by atoms with van der Waals surface area (Å²) in [5, 5.41) is 0. The van der Waals surface area contributed by atoms with Gasteiger partial charge in [-0.3, -0.25) is 9.59 Å². The highest BCUT2D eigenvalue weighted by molar-refractivity contribution is 6.35. The predicted molar refractivity (Wildman–Crippen MR) is 114 cm³/mol. The van der Waals surface area contributed by atoms with Gasteiger partial charge in [-0.1, -0.05) is 51.2 Å². The molecule has 2 aromatic carbocycles. The van der Waals surface area contributed by atoms with Gasteiger partial charge in [0.25, 0.3) is 11.8 Å². The maximum atomic E-state index is 12.9. The lowest BCUT2D eigenvalue weighted by atomic mass is 10.1. The van der Waals surface area contributed by atoms with Crippen LogP contribution in [0, 0.1) is 0 Å². The highest BCUT2D eigenvalue weighted by Crippen LogP contribution is 2.34. The molecule has 0 N–H and O–H groups in total. The molecule has 30 heavy (non-hydrogen) atoms. The maximum Gasteiger partial charge on any atom is 0.338 e. The molecule has 3 rings (SSSR count). The quantitative estimate of drug-likeness (QED) is 0.313. The van der Waals surface area contributed by atoms with E-state index in [2.05, 4.69) is 6.92 Å². The Morgan fingerprint density at radius 1 is 0.900 bits per heavy atom. The molecule has 1 aliphatic heterocycles. The van der Waals surface area contributed by atoms with Crippen LogP contribution in [0.25, 0.3) is 0 Å². The summed E-state index contributed by atoms with van der Waals surface area (Å²) in [6.45, 7) is 2.52. The number of fused-ring (bicyclic) bond motifs is 1. The van der Waals surface area contributed by atoms with Crippen LogP contribution in [-0.2, 0) is 4.74 Å². The van der Waals surface area contributed by atoms with Crippen molar-refractivity contribution < 1.29 is 23.9 Å². The largest absolute Gasteiger partial charge is 0.495 e. The fraction of sp³-hybridized carbons (Fsp3) is 0.375. The lowest BCUT2D eigenvalue weighted by Crippen LogP contribution is -2.29. The van der Waals surface area contributed by atoms with Gasteiger partial charge in [-0.2, -0.15) is 0 Å². The van der Waals surface area contributed by atoms with Crippen LogP contribution in [0.3, 0.4) is 0 Å². The Kier molecular flexibility index (Phi) is 7.22. The predicted octanol–water partition coefficient (Wildman–Crippen LogP) is 5.01. The third kappa shape index (κ3) is 4.53. The van der Waals surface area contributed by atoms with Gasteiger partial charge in [-0.15, -0.1) is 0 Å². The smallest absolute Gasteiger partial charge is 0.338 e. The molecule has 0 radical (unpaired) electrons. The van der Waals surface area contributed by atoms with E-state index >= 15 is 0 Å². The molecule has 1 aliphatic rings. The monoisotopic (exact) mass is 409 g/mol. The summed E-state index contributed by atoms with van der Waals surface area (Å²) in [7, 11) is 1.48. The topological polar surface area (TPSA) is 72.9 Å². The van der Waals surface area contributed by atoms with Gasteiger partial charge in [0.05, 0.1) is 36.1 Å². The minimum Gasteiger partial charge on any atom is -0.495 e. The third-order valence-corrected chi connectivity index (χ3v) is 5.18.